The van der Waals surface area contributed by atoms with Crippen LogP contribution < -0.4 is 26.0 Å². The van der Waals surface area contributed by atoms with E-state index >= 15 is 0 Å². The molecular formula is C27H21N9O12S2. The van der Waals surface area contributed by atoms with E-state index in [9.17, 15) is 46.3 Å². The second-order valence-corrected chi connectivity index (χ2v) is 12.3. The molecule has 50 heavy (non-hydrogen) atoms. The van der Waals surface area contributed by atoms with E-state index in [1.54, 1.807) is 16.9 Å². The van der Waals surface area contributed by atoms with E-state index in [4.69, 9.17) is 10.6 Å². The predicted octanol–water partition coefficient (Wildman–Crippen LogP) is 3.37. The summed E-state index contributed by atoms with van der Waals surface area (Å²) in [5, 5.41) is 43.7. The summed E-state index contributed by atoms with van der Waals surface area (Å²) in [6.45, 7) is 0.178. The summed E-state index contributed by atoms with van der Waals surface area (Å²) in [7, 11) is -9.75. The molecule has 0 saturated carbocycles. The minimum Gasteiger partial charge on any atom is -0.505 e. The zero-order valence-electron chi connectivity index (χ0n) is 24.6. The van der Waals surface area contributed by atoms with E-state index in [-0.39, 0.29) is 51.6 Å². The molecule has 23 heteroatoms. The first-order chi connectivity index (χ1) is 23.7. The third-order valence-electron chi connectivity index (χ3n) is 6.38. The van der Waals surface area contributed by atoms with E-state index in [0.29, 0.717) is 0 Å². The number of nitrogens with one attached hydrogen (secondary N) is 3. The number of fused-ring (bicyclic) bond motifs is 1. The second kappa shape index (κ2) is 13.9. The van der Waals surface area contributed by atoms with Crippen LogP contribution in [-0.2, 0) is 29.5 Å². The van der Waals surface area contributed by atoms with E-state index in [1.165, 1.54) is 36.4 Å². The van der Waals surface area contributed by atoms with Crippen LogP contribution in [0, 0.1) is 0 Å². The standard InChI is InChI=1S/C27H21N9O12S2/c28-48-49(42,43)14-9-13-10-19(36-50(44,45)46)22(35-34-16-6-2-1-5-15(16)24(39)40)23(38)21(13)18(11-14)30-26-31-25(32-27(41)33-26)29-17-7-3-4-8-20(17)47-12-37/h1-12,36,38H,28H2,(H,39,40)(H,44,45,46)(H3,29,30,31,32,33,41). The summed E-state index contributed by atoms with van der Waals surface area (Å²) in [6, 6.07) is 13.3. The number of aromatic carboxylic acids is 1. The summed E-state index contributed by atoms with van der Waals surface area (Å²) < 4.78 is 69.3. The Labute approximate surface area is 280 Å². The van der Waals surface area contributed by atoms with Gasteiger partial charge in [0.15, 0.2) is 17.2 Å². The highest BCUT2D eigenvalue weighted by atomic mass is 32.2. The van der Waals surface area contributed by atoms with Crippen molar-refractivity contribution in [3.63, 3.8) is 0 Å². The van der Waals surface area contributed by atoms with Gasteiger partial charge < -0.3 is 30.7 Å². The van der Waals surface area contributed by atoms with E-state index < -0.39 is 60.4 Å². The van der Waals surface area contributed by atoms with Gasteiger partial charge in [0, 0.05) is 5.39 Å². The van der Waals surface area contributed by atoms with Crippen molar-refractivity contribution in [2.75, 3.05) is 15.4 Å². The van der Waals surface area contributed by atoms with Crippen molar-refractivity contribution < 1.29 is 55.3 Å². The number of carbonyl (C=O) groups excluding carboxylic acids is 1. The van der Waals surface area contributed by atoms with Crippen molar-refractivity contribution in [1.82, 2.24) is 15.0 Å². The number of phenols is 1. The fourth-order valence-corrected chi connectivity index (χ4v) is 5.47. The van der Waals surface area contributed by atoms with Gasteiger partial charge in [0.05, 0.1) is 27.5 Å². The van der Waals surface area contributed by atoms with Crippen LogP contribution in [0.5, 0.6) is 17.5 Å². The number of hydrogen-bond acceptors (Lipinski definition) is 18. The Bertz CT molecular complexity index is 2410. The zero-order chi connectivity index (χ0) is 36.2. The van der Waals surface area contributed by atoms with Crippen LogP contribution in [0.4, 0.5) is 40.3 Å². The Morgan fingerprint density at radius 2 is 1.52 bits per heavy atom. The Morgan fingerprint density at radius 1 is 0.860 bits per heavy atom. The highest BCUT2D eigenvalue weighted by Gasteiger charge is 2.24. The summed E-state index contributed by atoms with van der Waals surface area (Å²) in [5.41, 5.74) is -1.97. The smallest absolute Gasteiger partial charge is 0.357 e. The van der Waals surface area contributed by atoms with Crippen molar-refractivity contribution in [1.29, 1.82) is 0 Å². The largest absolute Gasteiger partial charge is 0.505 e. The van der Waals surface area contributed by atoms with Crippen molar-refractivity contribution in [3.8, 4) is 17.5 Å². The van der Waals surface area contributed by atoms with Crippen LogP contribution >= 0.6 is 0 Å². The molecule has 0 aliphatic rings. The van der Waals surface area contributed by atoms with Gasteiger partial charge in [0.2, 0.25) is 11.9 Å². The van der Waals surface area contributed by atoms with Crippen LogP contribution in [0.25, 0.3) is 10.8 Å². The normalized spacial score (nSPS) is 11.7. The molecule has 5 aromatic rings. The lowest BCUT2D eigenvalue weighted by molar-refractivity contribution is -0.120. The van der Waals surface area contributed by atoms with Gasteiger partial charge in [-0.1, -0.05) is 24.3 Å². The number of azo groups is 1. The fraction of sp³-hybridized carbons (Fsp3) is 0. The zero-order valence-corrected chi connectivity index (χ0v) is 26.2. The van der Waals surface area contributed by atoms with Gasteiger partial charge in [0.1, 0.15) is 5.69 Å². The molecule has 0 aliphatic heterocycles. The maximum Gasteiger partial charge on any atom is 0.357 e. The third kappa shape index (κ3) is 7.77. The van der Waals surface area contributed by atoms with Crippen LogP contribution in [0.3, 0.4) is 0 Å². The highest BCUT2D eigenvalue weighted by Crippen LogP contribution is 2.47. The van der Waals surface area contributed by atoms with E-state index in [2.05, 4.69) is 40.1 Å². The van der Waals surface area contributed by atoms with E-state index in [0.717, 1.165) is 18.2 Å². The molecule has 0 amide bonds. The first-order valence-electron chi connectivity index (χ1n) is 13.3. The summed E-state index contributed by atoms with van der Waals surface area (Å²) >= 11 is 0. The molecule has 258 valence electrons. The molecule has 1 aromatic heterocycles. The lowest BCUT2D eigenvalue weighted by Crippen LogP contribution is -2.12. The molecule has 0 radical (unpaired) electrons. The fourth-order valence-electron chi connectivity index (χ4n) is 4.39. The minimum absolute atomic E-state index is 0.0644. The molecule has 0 aliphatic carbocycles. The Hall–Kier alpha value is -6.53. The lowest BCUT2D eigenvalue weighted by atomic mass is 10.0. The van der Waals surface area contributed by atoms with Crippen LogP contribution in [0.1, 0.15) is 10.4 Å². The minimum atomic E-state index is -5.06. The van der Waals surface area contributed by atoms with Gasteiger partial charge in [-0.05, 0) is 47.9 Å². The van der Waals surface area contributed by atoms with Gasteiger partial charge in [0.25, 0.3) is 6.47 Å². The average molecular weight is 728 g/mol. The molecule has 21 nitrogen and oxygen atoms in total. The van der Waals surface area contributed by atoms with Crippen molar-refractivity contribution in [2.24, 2.45) is 16.1 Å². The van der Waals surface area contributed by atoms with Gasteiger partial charge >= 0.3 is 32.4 Å². The monoisotopic (exact) mass is 727 g/mol. The maximum atomic E-state index is 12.7. The summed E-state index contributed by atoms with van der Waals surface area (Å²) in [4.78, 5) is 33.5. The molecule has 0 atom stereocenters. The predicted molar refractivity (Wildman–Crippen MR) is 172 cm³/mol. The topological polar surface area (TPSA) is 327 Å². The van der Waals surface area contributed by atoms with Gasteiger partial charge in [-0.15, -0.1) is 10.2 Å². The molecule has 1 heterocycles. The molecule has 5 rings (SSSR count). The molecule has 4 aromatic carbocycles. The number of rotatable bonds is 13. The SMILES string of the molecule is NOS(=O)(=O)c1cc(Nc2nc(O)nc(Nc3ccccc3OC=O)n2)c2c(O)c(N=Nc3ccccc3C(=O)O)c(NS(=O)(=O)O)cc2c1. The first-order valence-corrected chi connectivity index (χ1v) is 16.2. The number of carbonyl (C=O) groups is 2. The number of carboxylic acid groups (broad SMARTS) is 1. The first kappa shape index (κ1) is 34.8. The molecule has 0 bridgehead atoms. The van der Waals surface area contributed by atoms with Crippen molar-refractivity contribution in [3.05, 3.63) is 72.3 Å². The number of aromatic hydroxyl groups is 2. The van der Waals surface area contributed by atoms with Crippen LogP contribution in [0.2, 0.25) is 0 Å². The Kier molecular flexibility index (Phi) is 9.68. The number of para-hydroxylation sites is 2. The molecule has 0 fully saturated rings. The molecular weight excluding hydrogens is 706 g/mol. The highest BCUT2D eigenvalue weighted by molar-refractivity contribution is 7.87. The molecule has 0 spiro atoms. The second-order valence-electron chi connectivity index (χ2n) is 9.58. The number of ether oxygens (including phenoxy) is 1. The quantitative estimate of drug-likeness (QED) is 0.0373. The Balaban J connectivity index is 1.71. The molecule has 0 unspecified atom stereocenters. The third-order valence-corrected chi connectivity index (χ3v) is 7.93. The van der Waals surface area contributed by atoms with Gasteiger partial charge in [-0.3, -0.25) is 14.1 Å². The molecule has 9 N–H and O–H groups in total. The Morgan fingerprint density at radius 3 is 2.18 bits per heavy atom. The number of phenolic OH excluding ortho intramolecular Hbond substituents is 1. The number of benzene rings is 4. The van der Waals surface area contributed by atoms with Crippen LogP contribution in [0.15, 0.2) is 81.9 Å². The van der Waals surface area contributed by atoms with Gasteiger partial charge in [-0.2, -0.15) is 42.0 Å². The number of nitrogens with zero attached hydrogens (tertiary/aromatic N) is 5. The number of nitrogens with two attached hydrogens (primary N) is 1. The lowest BCUT2D eigenvalue weighted by Gasteiger charge is -2.16. The average Bonchev–Trinajstić information content (AvgIpc) is 3.04. The summed E-state index contributed by atoms with van der Waals surface area (Å²) in [5.74, 6) is 2.00. The number of anilines is 5. The van der Waals surface area contributed by atoms with Gasteiger partial charge in [-0.25, -0.2) is 4.79 Å². The number of hydrogen-bond donors (Lipinski definition) is 8. The number of carboxylic acids is 1. The van der Waals surface area contributed by atoms with Crippen LogP contribution in [-0.4, -0.2) is 64.1 Å². The summed E-state index contributed by atoms with van der Waals surface area (Å²) in [6.07, 6.45) is 0. The molecule has 0 saturated heterocycles. The van der Waals surface area contributed by atoms with Crippen molar-refractivity contribution in [2.45, 2.75) is 4.90 Å². The van der Waals surface area contributed by atoms with Crippen molar-refractivity contribution >= 4 is 84.0 Å². The number of aromatic nitrogens is 3. The maximum absolute atomic E-state index is 12.7. The van der Waals surface area contributed by atoms with E-state index in [1.807, 2.05) is 0 Å².